The summed E-state index contributed by atoms with van der Waals surface area (Å²) in [7, 11) is 0. The monoisotopic (exact) mass is 465 g/mol. The fraction of sp³-hybridized carbons (Fsp3) is 0.200. The molecule has 0 fully saturated rings. The van der Waals surface area contributed by atoms with Gasteiger partial charge < -0.3 is 5.32 Å². The van der Waals surface area contributed by atoms with E-state index in [0.29, 0.717) is 11.1 Å². The normalized spacial score (nSPS) is 11.9. The largest absolute Gasteiger partial charge is 0.433 e. The molecule has 1 amide bonds. The highest BCUT2D eigenvalue weighted by Gasteiger charge is 2.36. The van der Waals surface area contributed by atoms with Gasteiger partial charge in [0, 0.05) is 23.5 Å². The first-order valence-corrected chi connectivity index (χ1v) is 10.5. The molecule has 4 aromatic rings. The van der Waals surface area contributed by atoms with Gasteiger partial charge in [0.25, 0.3) is 5.91 Å². The summed E-state index contributed by atoms with van der Waals surface area (Å²) >= 11 is 0. The number of rotatable bonds is 4. The first-order chi connectivity index (χ1) is 16.0. The number of pyridine rings is 2. The highest BCUT2D eigenvalue weighted by Crippen LogP contribution is 2.34. The number of hydrogen-bond donors (Lipinski definition) is 1. The van der Waals surface area contributed by atoms with Crippen molar-refractivity contribution in [2.24, 2.45) is 0 Å². The number of hydrogen-bond acceptors (Lipinski definition) is 4. The molecule has 0 bridgehead atoms. The highest BCUT2D eigenvalue weighted by atomic mass is 19.4. The molecular formula is C25H22F3N5O. The molecule has 0 saturated heterocycles. The number of anilines is 1. The summed E-state index contributed by atoms with van der Waals surface area (Å²) in [4.78, 5) is 20.6. The van der Waals surface area contributed by atoms with Gasteiger partial charge in [0.2, 0.25) is 0 Å². The molecule has 34 heavy (non-hydrogen) atoms. The van der Waals surface area contributed by atoms with Crippen molar-refractivity contribution in [1.29, 1.82) is 0 Å². The van der Waals surface area contributed by atoms with E-state index < -0.39 is 11.9 Å². The Balaban J connectivity index is 1.57. The van der Waals surface area contributed by atoms with E-state index in [9.17, 15) is 18.0 Å². The quantitative estimate of drug-likeness (QED) is 0.407. The zero-order valence-corrected chi connectivity index (χ0v) is 18.8. The molecule has 174 valence electrons. The lowest BCUT2D eigenvalue weighted by molar-refractivity contribution is -0.142. The van der Waals surface area contributed by atoms with Gasteiger partial charge in [-0.3, -0.25) is 9.78 Å². The number of carbonyl (C=O) groups excluding carboxylic acids is 1. The van der Waals surface area contributed by atoms with Gasteiger partial charge in [-0.2, -0.15) is 18.3 Å². The lowest BCUT2D eigenvalue weighted by Gasteiger charge is -2.19. The van der Waals surface area contributed by atoms with Crippen LogP contribution in [0.4, 0.5) is 19.0 Å². The molecule has 1 aromatic carbocycles. The van der Waals surface area contributed by atoms with Crippen molar-refractivity contribution >= 4 is 11.7 Å². The molecule has 6 nitrogen and oxygen atoms in total. The second-order valence-corrected chi connectivity index (χ2v) is 8.75. The van der Waals surface area contributed by atoms with E-state index >= 15 is 0 Å². The number of carbonyl (C=O) groups is 1. The second kappa shape index (κ2) is 8.74. The molecule has 0 spiro atoms. The van der Waals surface area contributed by atoms with E-state index in [1.54, 1.807) is 24.3 Å². The van der Waals surface area contributed by atoms with Crippen LogP contribution in [-0.4, -0.2) is 25.7 Å². The molecule has 1 N–H and O–H groups in total. The number of benzene rings is 1. The van der Waals surface area contributed by atoms with Gasteiger partial charge >= 0.3 is 6.18 Å². The summed E-state index contributed by atoms with van der Waals surface area (Å²) in [6.07, 6.45) is -0.425. The molecule has 0 unspecified atom stereocenters. The molecule has 4 rings (SSSR count). The van der Waals surface area contributed by atoms with Crippen molar-refractivity contribution in [2.75, 3.05) is 5.32 Å². The average molecular weight is 465 g/mol. The van der Waals surface area contributed by atoms with Crippen molar-refractivity contribution in [1.82, 2.24) is 19.7 Å². The molecular weight excluding hydrogens is 443 g/mol. The van der Waals surface area contributed by atoms with Crippen LogP contribution in [0.5, 0.6) is 0 Å². The number of nitrogens with one attached hydrogen (secondary N) is 1. The van der Waals surface area contributed by atoms with E-state index in [0.717, 1.165) is 16.3 Å². The first-order valence-electron chi connectivity index (χ1n) is 10.5. The van der Waals surface area contributed by atoms with Crippen LogP contribution in [0.25, 0.3) is 16.9 Å². The lowest BCUT2D eigenvalue weighted by Crippen LogP contribution is -2.15. The minimum absolute atomic E-state index is 0.0367. The molecule has 3 aromatic heterocycles. The van der Waals surface area contributed by atoms with Gasteiger partial charge in [-0.15, -0.1) is 0 Å². The van der Waals surface area contributed by atoms with Crippen LogP contribution >= 0.6 is 0 Å². The Kier molecular flexibility index (Phi) is 5.95. The van der Waals surface area contributed by atoms with Crippen molar-refractivity contribution in [2.45, 2.75) is 32.4 Å². The van der Waals surface area contributed by atoms with Gasteiger partial charge in [0.1, 0.15) is 11.5 Å². The number of alkyl halides is 3. The van der Waals surface area contributed by atoms with Crippen molar-refractivity contribution in [3.63, 3.8) is 0 Å². The Morgan fingerprint density at radius 1 is 0.971 bits per heavy atom. The van der Waals surface area contributed by atoms with Crippen LogP contribution in [-0.2, 0) is 11.6 Å². The molecule has 0 atom stereocenters. The van der Waals surface area contributed by atoms with Crippen LogP contribution < -0.4 is 5.32 Å². The molecule has 9 heteroatoms. The summed E-state index contributed by atoms with van der Waals surface area (Å²) in [6, 6.07) is 14.3. The van der Waals surface area contributed by atoms with Crippen LogP contribution in [0.3, 0.4) is 0 Å². The zero-order chi connectivity index (χ0) is 24.5. The second-order valence-electron chi connectivity index (χ2n) is 8.75. The summed E-state index contributed by atoms with van der Waals surface area (Å²) in [5.74, 6) is -0.156. The molecule has 3 heterocycles. The SMILES string of the molecule is CC(C)(C)c1ccc(C(=O)Nc2ccc(-n3nc(-c4cccnc4)cc3C(F)(F)F)cn2)cc1. The van der Waals surface area contributed by atoms with E-state index in [4.69, 9.17) is 0 Å². The predicted molar refractivity (Wildman–Crippen MR) is 123 cm³/mol. The zero-order valence-electron chi connectivity index (χ0n) is 18.8. The maximum Gasteiger partial charge on any atom is 0.433 e. The van der Waals surface area contributed by atoms with Crippen molar-refractivity contribution in [3.8, 4) is 16.9 Å². The Hall–Kier alpha value is -4.01. The van der Waals surface area contributed by atoms with Gasteiger partial charge in [0.15, 0.2) is 0 Å². The molecule has 0 aliphatic rings. The fourth-order valence-electron chi connectivity index (χ4n) is 3.33. The smallest absolute Gasteiger partial charge is 0.307 e. The Labute approximate surface area is 194 Å². The molecule has 0 aliphatic heterocycles. The van der Waals surface area contributed by atoms with E-state index in [1.165, 1.54) is 30.7 Å². The maximum atomic E-state index is 13.7. The third-order valence-corrected chi connectivity index (χ3v) is 5.20. The van der Waals surface area contributed by atoms with E-state index in [-0.39, 0.29) is 28.5 Å². The Bertz CT molecular complexity index is 1290. The predicted octanol–water partition coefficient (Wildman–Crippen LogP) is 5.90. The Morgan fingerprint density at radius 3 is 2.26 bits per heavy atom. The molecule has 0 saturated carbocycles. The van der Waals surface area contributed by atoms with Crippen molar-refractivity contribution in [3.05, 3.63) is 90.0 Å². The summed E-state index contributed by atoms with van der Waals surface area (Å²) in [5.41, 5.74) is 1.27. The number of halogens is 3. The molecule has 0 radical (unpaired) electrons. The average Bonchev–Trinajstić information content (AvgIpc) is 3.26. The standard InChI is InChI=1S/C25H22F3N5O/c1-24(2,3)18-8-6-16(7-9-18)23(34)31-22-11-10-19(15-30-22)33-21(25(26,27)28)13-20(32-33)17-5-4-12-29-14-17/h4-15H,1-3H3,(H,30,31,34). The summed E-state index contributed by atoms with van der Waals surface area (Å²) in [6.45, 7) is 6.24. The third-order valence-electron chi connectivity index (χ3n) is 5.20. The van der Waals surface area contributed by atoms with E-state index in [2.05, 4.69) is 41.2 Å². The van der Waals surface area contributed by atoms with Crippen LogP contribution in [0.2, 0.25) is 0 Å². The lowest BCUT2D eigenvalue weighted by atomic mass is 9.87. The molecule has 0 aliphatic carbocycles. The van der Waals surface area contributed by atoms with Crippen LogP contribution in [0.1, 0.15) is 42.4 Å². The number of aromatic nitrogens is 4. The number of nitrogens with zero attached hydrogens (tertiary/aromatic N) is 4. The number of amides is 1. The first kappa shape index (κ1) is 23.2. The van der Waals surface area contributed by atoms with Crippen LogP contribution in [0.15, 0.2) is 73.2 Å². The third kappa shape index (κ3) is 4.98. The van der Waals surface area contributed by atoms with Crippen LogP contribution in [0, 0.1) is 0 Å². The van der Waals surface area contributed by atoms with Gasteiger partial charge in [0.05, 0.1) is 17.6 Å². The van der Waals surface area contributed by atoms with Gasteiger partial charge in [-0.25, -0.2) is 9.67 Å². The highest BCUT2D eigenvalue weighted by molar-refractivity contribution is 6.03. The minimum Gasteiger partial charge on any atom is -0.307 e. The topological polar surface area (TPSA) is 72.7 Å². The minimum atomic E-state index is -4.63. The Morgan fingerprint density at radius 2 is 1.71 bits per heavy atom. The van der Waals surface area contributed by atoms with Crippen molar-refractivity contribution < 1.29 is 18.0 Å². The summed E-state index contributed by atoms with van der Waals surface area (Å²) < 4.78 is 41.7. The van der Waals surface area contributed by atoms with Gasteiger partial charge in [-0.05, 0) is 53.4 Å². The maximum absolute atomic E-state index is 13.7. The summed E-state index contributed by atoms with van der Waals surface area (Å²) in [5, 5.41) is 6.77. The van der Waals surface area contributed by atoms with E-state index in [1.807, 2.05) is 12.1 Å². The fourth-order valence-corrected chi connectivity index (χ4v) is 3.33. The van der Waals surface area contributed by atoms with Gasteiger partial charge in [-0.1, -0.05) is 32.9 Å².